The lowest BCUT2D eigenvalue weighted by atomic mass is 9.91. The number of rotatable bonds is 5. The number of hydrogen-bond donors (Lipinski definition) is 1. The van der Waals surface area contributed by atoms with Gasteiger partial charge in [0.05, 0.1) is 13.0 Å². The molecule has 0 fully saturated rings. The van der Waals surface area contributed by atoms with Crippen molar-refractivity contribution < 1.29 is 14.6 Å². The SMILES string of the molecule is COc1ccccc1CC(C(=O)O)c1cc(Cl)ccc1Cl. The standard InChI is InChI=1S/C16H14Cl2O3/c1-21-15-5-3-2-4-10(15)8-13(16(19)20)12-9-11(17)6-7-14(12)18/h2-7,9,13H,8H2,1H3,(H,19,20). The Morgan fingerprint density at radius 2 is 1.95 bits per heavy atom. The minimum atomic E-state index is -0.954. The van der Waals surface area contributed by atoms with E-state index in [-0.39, 0.29) is 6.42 Å². The molecule has 110 valence electrons. The first-order valence-corrected chi connectivity index (χ1v) is 7.08. The molecule has 0 aliphatic heterocycles. The van der Waals surface area contributed by atoms with Crippen LogP contribution >= 0.6 is 23.2 Å². The quantitative estimate of drug-likeness (QED) is 0.885. The number of benzene rings is 2. The van der Waals surface area contributed by atoms with Crippen molar-refractivity contribution in [2.24, 2.45) is 0 Å². The van der Waals surface area contributed by atoms with Crippen molar-refractivity contribution in [2.75, 3.05) is 7.11 Å². The number of para-hydroxylation sites is 1. The molecule has 3 nitrogen and oxygen atoms in total. The molecule has 0 saturated carbocycles. The van der Waals surface area contributed by atoms with E-state index in [0.717, 1.165) is 5.56 Å². The number of aliphatic carboxylic acids is 1. The third kappa shape index (κ3) is 3.69. The van der Waals surface area contributed by atoms with E-state index >= 15 is 0 Å². The predicted octanol–water partition coefficient (Wildman–Crippen LogP) is 4.41. The van der Waals surface area contributed by atoms with Crippen LogP contribution in [0.1, 0.15) is 17.0 Å². The number of hydrogen-bond acceptors (Lipinski definition) is 2. The highest BCUT2D eigenvalue weighted by molar-refractivity contribution is 6.33. The minimum absolute atomic E-state index is 0.277. The van der Waals surface area contributed by atoms with Crippen LogP contribution in [0.4, 0.5) is 0 Å². The summed E-state index contributed by atoms with van der Waals surface area (Å²) in [4.78, 5) is 11.6. The molecule has 2 rings (SSSR count). The summed E-state index contributed by atoms with van der Waals surface area (Å²) in [6.45, 7) is 0. The van der Waals surface area contributed by atoms with E-state index in [0.29, 0.717) is 21.4 Å². The molecule has 0 bridgehead atoms. The molecule has 0 aliphatic carbocycles. The lowest BCUT2D eigenvalue weighted by Crippen LogP contribution is -2.15. The molecule has 21 heavy (non-hydrogen) atoms. The van der Waals surface area contributed by atoms with Gasteiger partial charge in [-0.25, -0.2) is 0 Å². The van der Waals surface area contributed by atoms with E-state index in [4.69, 9.17) is 27.9 Å². The maximum atomic E-state index is 11.6. The Kier molecular flexibility index (Phi) is 5.10. The lowest BCUT2D eigenvalue weighted by Gasteiger charge is -2.16. The first-order chi connectivity index (χ1) is 10.0. The Hall–Kier alpha value is -1.71. The van der Waals surface area contributed by atoms with E-state index in [1.54, 1.807) is 31.4 Å². The summed E-state index contributed by atoms with van der Waals surface area (Å²) in [6.07, 6.45) is 0.277. The maximum absolute atomic E-state index is 11.6. The van der Waals surface area contributed by atoms with Crippen LogP contribution in [0.25, 0.3) is 0 Å². The second-order valence-corrected chi connectivity index (χ2v) is 5.42. The summed E-state index contributed by atoms with van der Waals surface area (Å²) in [6, 6.07) is 12.2. The van der Waals surface area contributed by atoms with E-state index in [1.807, 2.05) is 18.2 Å². The van der Waals surface area contributed by atoms with Crippen LogP contribution in [0.2, 0.25) is 10.0 Å². The van der Waals surface area contributed by atoms with Gasteiger partial charge in [-0.1, -0.05) is 41.4 Å². The fourth-order valence-corrected chi connectivity index (χ4v) is 2.63. The predicted molar refractivity (Wildman–Crippen MR) is 83.5 cm³/mol. The van der Waals surface area contributed by atoms with E-state index in [1.165, 1.54) is 0 Å². The molecule has 0 aromatic heterocycles. The van der Waals surface area contributed by atoms with Crippen molar-refractivity contribution in [1.29, 1.82) is 0 Å². The minimum Gasteiger partial charge on any atom is -0.496 e. The topological polar surface area (TPSA) is 46.5 Å². The molecule has 0 spiro atoms. The smallest absolute Gasteiger partial charge is 0.311 e. The molecule has 2 aromatic rings. The van der Waals surface area contributed by atoms with Gasteiger partial charge in [0.15, 0.2) is 0 Å². The molecule has 0 aliphatic rings. The van der Waals surface area contributed by atoms with Gasteiger partial charge in [0.1, 0.15) is 5.75 Å². The zero-order valence-electron chi connectivity index (χ0n) is 11.3. The summed E-state index contributed by atoms with van der Waals surface area (Å²) in [5, 5.41) is 10.4. The zero-order chi connectivity index (χ0) is 15.4. The molecule has 0 saturated heterocycles. The van der Waals surface area contributed by atoms with Crippen molar-refractivity contribution >= 4 is 29.2 Å². The number of carboxylic acid groups (broad SMARTS) is 1. The Morgan fingerprint density at radius 3 is 2.62 bits per heavy atom. The molecule has 5 heteroatoms. The maximum Gasteiger partial charge on any atom is 0.311 e. The van der Waals surface area contributed by atoms with Gasteiger partial charge in [-0.15, -0.1) is 0 Å². The fraction of sp³-hybridized carbons (Fsp3) is 0.188. The van der Waals surface area contributed by atoms with Crippen LogP contribution < -0.4 is 4.74 Å². The van der Waals surface area contributed by atoms with Gasteiger partial charge in [-0.3, -0.25) is 4.79 Å². The number of carbonyl (C=O) groups is 1. The molecule has 2 aromatic carbocycles. The summed E-state index contributed by atoms with van der Waals surface area (Å²) >= 11 is 12.1. The lowest BCUT2D eigenvalue weighted by molar-refractivity contribution is -0.138. The molecule has 1 N–H and O–H groups in total. The molecular weight excluding hydrogens is 311 g/mol. The summed E-state index contributed by atoms with van der Waals surface area (Å²) < 4.78 is 5.26. The highest BCUT2D eigenvalue weighted by atomic mass is 35.5. The Bertz CT molecular complexity index is 656. The Labute approximate surface area is 133 Å². The second-order valence-electron chi connectivity index (χ2n) is 4.57. The third-order valence-electron chi connectivity index (χ3n) is 3.25. The fourth-order valence-electron chi connectivity index (χ4n) is 2.20. The molecule has 1 atom stereocenters. The highest BCUT2D eigenvalue weighted by Crippen LogP contribution is 2.32. The van der Waals surface area contributed by atoms with Crippen molar-refractivity contribution in [2.45, 2.75) is 12.3 Å². The van der Waals surface area contributed by atoms with Gasteiger partial charge in [-0.2, -0.15) is 0 Å². The van der Waals surface area contributed by atoms with E-state index in [2.05, 4.69) is 0 Å². The van der Waals surface area contributed by atoms with Gasteiger partial charge in [-0.05, 0) is 41.8 Å². The van der Waals surface area contributed by atoms with Crippen molar-refractivity contribution in [3.63, 3.8) is 0 Å². The largest absolute Gasteiger partial charge is 0.496 e. The molecule has 0 radical (unpaired) electrons. The highest BCUT2D eigenvalue weighted by Gasteiger charge is 2.24. The van der Waals surface area contributed by atoms with E-state index < -0.39 is 11.9 Å². The van der Waals surface area contributed by atoms with E-state index in [9.17, 15) is 9.90 Å². The Balaban J connectivity index is 2.40. The number of carboxylic acids is 1. The summed E-state index contributed by atoms with van der Waals surface area (Å²) in [5.41, 5.74) is 1.31. The molecule has 0 heterocycles. The first kappa shape index (κ1) is 15.7. The second kappa shape index (κ2) is 6.83. The van der Waals surface area contributed by atoms with Crippen LogP contribution in [0.5, 0.6) is 5.75 Å². The number of methoxy groups -OCH3 is 1. The Morgan fingerprint density at radius 1 is 1.24 bits per heavy atom. The number of halogens is 2. The van der Waals surface area contributed by atoms with Gasteiger partial charge < -0.3 is 9.84 Å². The van der Waals surface area contributed by atoms with Crippen LogP contribution in [0.3, 0.4) is 0 Å². The monoisotopic (exact) mass is 324 g/mol. The van der Waals surface area contributed by atoms with Gasteiger partial charge in [0.25, 0.3) is 0 Å². The average molecular weight is 325 g/mol. The molecular formula is C16H14Cl2O3. The van der Waals surface area contributed by atoms with Gasteiger partial charge >= 0.3 is 5.97 Å². The zero-order valence-corrected chi connectivity index (χ0v) is 12.9. The average Bonchev–Trinajstić information content (AvgIpc) is 2.47. The third-order valence-corrected chi connectivity index (χ3v) is 3.83. The van der Waals surface area contributed by atoms with Crippen LogP contribution in [-0.4, -0.2) is 18.2 Å². The van der Waals surface area contributed by atoms with Crippen molar-refractivity contribution in [3.05, 3.63) is 63.6 Å². The van der Waals surface area contributed by atoms with Crippen LogP contribution in [0.15, 0.2) is 42.5 Å². The molecule has 0 amide bonds. The van der Waals surface area contributed by atoms with Gasteiger partial charge in [0, 0.05) is 10.0 Å². The normalized spacial score (nSPS) is 12.0. The number of ether oxygens (including phenoxy) is 1. The van der Waals surface area contributed by atoms with Crippen LogP contribution in [-0.2, 0) is 11.2 Å². The summed E-state index contributed by atoms with van der Waals surface area (Å²) in [7, 11) is 1.56. The van der Waals surface area contributed by atoms with Crippen molar-refractivity contribution in [3.8, 4) is 5.75 Å². The van der Waals surface area contributed by atoms with Crippen LogP contribution in [0, 0.1) is 0 Å². The van der Waals surface area contributed by atoms with Crippen molar-refractivity contribution in [1.82, 2.24) is 0 Å². The molecule has 1 unspecified atom stereocenters. The van der Waals surface area contributed by atoms with Gasteiger partial charge in [0.2, 0.25) is 0 Å². The first-order valence-electron chi connectivity index (χ1n) is 6.32. The summed E-state index contributed by atoms with van der Waals surface area (Å²) in [5.74, 6) is -1.08.